The van der Waals surface area contributed by atoms with Crippen LogP contribution in [0.3, 0.4) is 0 Å². The van der Waals surface area contributed by atoms with E-state index in [0.717, 1.165) is 12.0 Å². The topological polar surface area (TPSA) is 105 Å². The van der Waals surface area contributed by atoms with Gasteiger partial charge in [0.25, 0.3) is 0 Å². The van der Waals surface area contributed by atoms with Gasteiger partial charge in [0.1, 0.15) is 24.1 Å². The summed E-state index contributed by atoms with van der Waals surface area (Å²) in [6, 6.07) is 1.81. The summed E-state index contributed by atoms with van der Waals surface area (Å²) >= 11 is 0. The molecule has 182 valence electrons. The minimum atomic E-state index is -0.976. The number of Topliss-reactive ketones (excluding diaryl/α,β-unsaturated/α-hetero) is 1. The number of ketones is 1. The molecule has 4 saturated heterocycles. The number of fused-ring (bicyclic) bond motifs is 1. The SMILES string of the molecule is CC1(C)O[C@H]2CC(=O)OC[C@]23[C@@H]1CC(=O)[C@]1(C)[C@@H]3CC[C@@]2(C)[C@@H](c3ccoc3)OC(=O)[C@@H]3O[C@@]321. The molecule has 6 fully saturated rings. The molecule has 0 aromatic carbocycles. The van der Waals surface area contributed by atoms with E-state index in [1.165, 1.54) is 0 Å². The highest BCUT2D eigenvalue weighted by molar-refractivity contribution is 5.93. The Kier molecular flexibility index (Phi) is 3.70. The van der Waals surface area contributed by atoms with Gasteiger partial charge in [0.2, 0.25) is 0 Å². The van der Waals surface area contributed by atoms with Gasteiger partial charge in [0.05, 0.1) is 36.1 Å². The van der Waals surface area contributed by atoms with Crippen molar-refractivity contribution in [3.8, 4) is 0 Å². The zero-order valence-electron chi connectivity index (χ0n) is 19.9. The molecule has 4 aliphatic heterocycles. The molecule has 1 aromatic rings. The largest absolute Gasteiger partial charge is 0.472 e. The number of hydrogen-bond donors (Lipinski definition) is 0. The summed E-state index contributed by atoms with van der Waals surface area (Å²) in [6.45, 7) is 8.36. The number of carbonyl (C=O) groups excluding carboxylic acids is 3. The second kappa shape index (κ2) is 5.95. The van der Waals surface area contributed by atoms with Gasteiger partial charge < -0.3 is 23.4 Å². The van der Waals surface area contributed by atoms with Gasteiger partial charge in [-0.25, -0.2) is 4.79 Å². The fourth-order valence-corrected chi connectivity index (χ4v) is 9.34. The van der Waals surface area contributed by atoms with Crippen LogP contribution in [0.4, 0.5) is 0 Å². The summed E-state index contributed by atoms with van der Waals surface area (Å²) in [5.74, 6) is -0.780. The van der Waals surface area contributed by atoms with Crippen molar-refractivity contribution >= 4 is 17.7 Å². The molecule has 0 radical (unpaired) electrons. The monoisotopic (exact) mass is 470 g/mol. The number of carbonyl (C=O) groups is 3. The second-order valence-electron chi connectivity index (χ2n) is 12.2. The summed E-state index contributed by atoms with van der Waals surface area (Å²) in [4.78, 5) is 39.7. The van der Waals surface area contributed by atoms with Crippen molar-refractivity contribution in [1.82, 2.24) is 0 Å². The Morgan fingerprint density at radius 3 is 2.50 bits per heavy atom. The number of ether oxygens (including phenoxy) is 4. The molecule has 8 nitrogen and oxygen atoms in total. The van der Waals surface area contributed by atoms with Crippen molar-refractivity contribution in [2.45, 2.75) is 82.9 Å². The molecule has 2 saturated carbocycles. The number of cyclic esters (lactones) is 2. The molecule has 2 aliphatic carbocycles. The number of hydrogen-bond acceptors (Lipinski definition) is 8. The zero-order valence-corrected chi connectivity index (χ0v) is 19.9. The van der Waals surface area contributed by atoms with Crippen LogP contribution in [0.1, 0.15) is 65.0 Å². The minimum Gasteiger partial charge on any atom is -0.472 e. The maximum absolute atomic E-state index is 14.2. The fraction of sp³-hybridized carbons (Fsp3) is 0.731. The highest BCUT2D eigenvalue weighted by atomic mass is 16.7. The summed E-state index contributed by atoms with van der Waals surface area (Å²) < 4.78 is 29.8. The normalized spacial score (nSPS) is 52.4. The van der Waals surface area contributed by atoms with E-state index in [9.17, 15) is 14.4 Å². The van der Waals surface area contributed by atoms with Crippen molar-refractivity contribution < 1.29 is 37.7 Å². The summed E-state index contributed by atoms with van der Waals surface area (Å²) in [6.07, 6.45) is 3.46. The number of esters is 2. The van der Waals surface area contributed by atoms with E-state index < -0.39 is 45.6 Å². The van der Waals surface area contributed by atoms with Crippen LogP contribution in [0.5, 0.6) is 0 Å². The van der Waals surface area contributed by atoms with Crippen LogP contribution in [0.15, 0.2) is 23.0 Å². The molecular formula is C26H30O8. The third-order valence-corrected chi connectivity index (χ3v) is 10.7. The lowest BCUT2D eigenvalue weighted by molar-refractivity contribution is -0.225. The van der Waals surface area contributed by atoms with Crippen molar-refractivity contribution in [2.75, 3.05) is 6.61 Å². The molecule has 2 spiro atoms. The van der Waals surface area contributed by atoms with Crippen LogP contribution < -0.4 is 0 Å². The Morgan fingerprint density at radius 2 is 1.76 bits per heavy atom. The molecule has 0 bridgehead atoms. The van der Waals surface area contributed by atoms with Gasteiger partial charge in [-0.1, -0.05) is 6.92 Å². The van der Waals surface area contributed by atoms with Crippen LogP contribution in [0.2, 0.25) is 0 Å². The number of epoxide rings is 1. The molecule has 0 N–H and O–H groups in total. The van der Waals surface area contributed by atoms with Crippen LogP contribution in [0.25, 0.3) is 0 Å². The zero-order chi connectivity index (χ0) is 23.9. The van der Waals surface area contributed by atoms with Gasteiger partial charge in [-0.15, -0.1) is 0 Å². The average molecular weight is 471 g/mol. The smallest absolute Gasteiger partial charge is 0.339 e. The third kappa shape index (κ3) is 2.02. The molecule has 1 aromatic heterocycles. The predicted molar refractivity (Wildman–Crippen MR) is 114 cm³/mol. The maximum Gasteiger partial charge on any atom is 0.339 e. The van der Waals surface area contributed by atoms with Gasteiger partial charge in [-0.3, -0.25) is 9.59 Å². The standard InChI is InChI=1S/C26H30O8/c1-22(2)15-9-16(27)24(4)14(25(15)12-31-18(28)10-17(25)33-22)5-7-23(3)19(13-6-8-30-11-13)32-21(29)20-26(23,24)34-20/h6,8,11,14-15,17,19-20H,5,7,9-10,12H2,1-4H3/t14-,15+,17-,19+,20-,23-,24-,25-,26-/m0/s1. The average Bonchev–Trinajstić information content (AvgIpc) is 3.26. The van der Waals surface area contributed by atoms with E-state index in [1.54, 1.807) is 12.5 Å². The van der Waals surface area contributed by atoms with Crippen LogP contribution in [0, 0.1) is 28.1 Å². The molecule has 7 rings (SSSR count). The van der Waals surface area contributed by atoms with Gasteiger partial charge in [0.15, 0.2) is 6.10 Å². The lowest BCUT2D eigenvalue weighted by Crippen LogP contribution is -2.72. The fourth-order valence-electron chi connectivity index (χ4n) is 9.34. The van der Waals surface area contributed by atoms with E-state index in [0.29, 0.717) is 12.8 Å². The van der Waals surface area contributed by atoms with Crippen molar-refractivity contribution in [3.63, 3.8) is 0 Å². The molecule has 8 heteroatoms. The lowest BCUT2D eigenvalue weighted by Gasteiger charge is -2.65. The van der Waals surface area contributed by atoms with E-state index in [2.05, 4.69) is 6.92 Å². The Bertz CT molecular complexity index is 1120. The van der Waals surface area contributed by atoms with Gasteiger partial charge in [-0.2, -0.15) is 0 Å². The maximum atomic E-state index is 14.2. The lowest BCUT2D eigenvalue weighted by atomic mass is 9.37. The third-order valence-electron chi connectivity index (χ3n) is 10.7. The van der Waals surface area contributed by atoms with Crippen LogP contribution in [-0.4, -0.2) is 47.7 Å². The first-order valence-corrected chi connectivity index (χ1v) is 12.3. The van der Waals surface area contributed by atoms with Crippen molar-refractivity contribution in [3.05, 3.63) is 24.2 Å². The van der Waals surface area contributed by atoms with E-state index in [4.69, 9.17) is 23.4 Å². The first kappa shape index (κ1) is 21.1. The van der Waals surface area contributed by atoms with Crippen LogP contribution in [-0.2, 0) is 33.3 Å². The van der Waals surface area contributed by atoms with Crippen molar-refractivity contribution in [2.24, 2.45) is 28.1 Å². The quantitative estimate of drug-likeness (QED) is 0.455. The molecular weight excluding hydrogens is 440 g/mol. The Balaban J connectivity index is 1.41. The Morgan fingerprint density at radius 1 is 0.971 bits per heavy atom. The molecule has 9 atom stereocenters. The van der Waals surface area contributed by atoms with Gasteiger partial charge in [-0.05, 0) is 45.6 Å². The molecule has 0 amide bonds. The highest BCUT2D eigenvalue weighted by Gasteiger charge is 2.89. The van der Waals surface area contributed by atoms with Gasteiger partial charge in [0, 0.05) is 28.7 Å². The molecule has 6 aliphatic rings. The van der Waals surface area contributed by atoms with E-state index in [-0.39, 0.29) is 42.7 Å². The number of furan rings is 1. The van der Waals surface area contributed by atoms with Crippen molar-refractivity contribution in [1.29, 1.82) is 0 Å². The van der Waals surface area contributed by atoms with Crippen LogP contribution >= 0.6 is 0 Å². The molecule has 0 unspecified atom stereocenters. The first-order valence-electron chi connectivity index (χ1n) is 12.3. The predicted octanol–water partition coefficient (Wildman–Crippen LogP) is 3.14. The minimum absolute atomic E-state index is 0.0677. The van der Waals surface area contributed by atoms with Gasteiger partial charge >= 0.3 is 11.9 Å². The molecule has 34 heavy (non-hydrogen) atoms. The van der Waals surface area contributed by atoms with E-state index >= 15 is 0 Å². The first-order chi connectivity index (χ1) is 16.0. The summed E-state index contributed by atoms with van der Waals surface area (Å²) in [5.41, 5.74) is -2.78. The summed E-state index contributed by atoms with van der Waals surface area (Å²) in [5, 5.41) is 0. The highest BCUT2D eigenvalue weighted by Crippen LogP contribution is 2.79. The number of rotatable bonds is 1. The second-order valence-corrected chi connectivity index (χ2v) is 12.2. The Hall–Kier alpha value is -2.19. The molecule has 5 heterocycles. The summed E-state index contributed by atoms with van der Waals surface area (Å²) in [7, 11) is 0. The Labute approximate surface area is 197 Å². The van der Waals surface area contributed by atoms with E-state index in [1.807, 2.05) is 26.8 Å².